The molecule has 0 radical (unpaired) electrons. The number of hydrogen-bond acceptors (Lipinski definition) is 5. The first-order valence-electron chi connectivity index (χ1n) is 7.17. The predicted octanol–water partition coefficient (Wildman–Crippen LogP) is 2.82. The quantitative estimate of drug-likeness (QED) is 0.920. The number of methoxy groups -OCH3 is 2. The highest BCUT2D eigenvalue weighted by Gasteiger charge is 2.21. The summed E-state index contributed by atoms with van der Waals surface area (Å²) >= 11 is 0. The summed E-state index contributed by atoms with van der Waals surface area (Å²) < 4.78 is 16.5. The van der Waals surface area contributed by atoms with Gasteiger partial charge in [0.1, 0.15) is 28.2 Å². The molecule has 0 spiro atoms. The zero-order valence-electron chi connectivity index (χ0n) is 13.6. The minimum absolute atomic E-state index is 0.150. The van der Waals surface area contributed by atoms with Gasteiger partial charge in [0.25, 0.3) is 0 Å². The molecule has 0 aliphatic heterocycles. The summed E-state index contributed by atoms with van der Waals surface area (Å²) in [6.45, 7) is 5.21. The van der Waals surface area contributed by atoms with Gasteiger partial charge in [0.2, 0.25) is 0 Å². The van der Waals surface area contributed by atoms with Crippen molar-refractivity contribution < 1.29 is 19.0 Å². The molecule has 1 heterocycles. The fraction of sp³-hybridized carbons (Fsp3) is 0.471. The Kier molecular flexibility index (Phi) is 4.47. The normalized spacial score (nSPS) is 11.7. The second-order valence-electron chi connectivity index (χ2n) is 6.00. The molecule has 5 heteroatoms. The zero-order valence-corrected chi connectivity index (χ0v) is 13.6. The van der Waals surface area contributed by atoms with Crippen molar-refractivity contribution in [2.45, 2.75) is 39.2 Å². The minimum atomic E-state index is -0.818. The molecule has 0 aliphatic rings. The van der Waals surface area contributed by atoms with Crippen molar-refractivity contribution in [1.29, 1.82) is 0 Å². The highest BCUT2D eigenvalue weighted by molar-refractivity contribution is 5.88. The van der Waals surface area contributed by atoms with E-state index in [0.29, 0.717) is 41.1 Å². The molecule has 1 aromatic heterocycles. The van der Waals surface area contributed by atoms with Crippen LogP contribution in [0.4, 0.5) is 0 Å². The Balaban J connectivity index is 2.74. The van der Waals surface area contributed by atoms with Crippen molar-refractivity contribution >= 4 is 11.0 Å². The number of aliphatic hydroxyl groups is 1. The Labute approximate surface area is 129 Å². The van der Waals surface area contributed by atoms with Crippen molar-refractivity contribution in [3.63, 3.8) is 0 Å². The van der Waals surface area contributed by atoms with Gasteiger partial charge >= 0.3 is 0 Å². The van der Waals surface area contributed by atoms with Crippen LogP contribution in [0.15, 0.2) is 21.3 Å². The van der Waals surface area contributed by atoms with E-state index in [0.717, 1.165) is 5.56 Å². The van der Waals surface area contributed by atoms with E-state index < -0.39 is 5.60 Å². The van der Waals surface area contributed by atoms with Crippen LogP contribution in [0.1, 0.15) is 31.6 Å². The third-order valence-electron chi connectivity index (χ3n) is 3.58. The standard InChI is InChI=1S/C17H22O5/c1-10-8-12(18)15-14(21-5)9-13(20-4)11(16(15)22-10)6-7-17(2,3)19/h8-9,19H,6-7H2,1-5H3. The van der Waals surface area contributed by atoms with Gasteiger partial charge < -0.3 is 19.0 Å². The van der Waals surface area contributed by atoms with Crippen LogP contribution in [-0.4, -0.2) is 24.9 Å². The summed E-state index contributed by atoms with van der Waals surface area (Å²) in [5.74, 6) is 1.53. The molecule has 1 N–H and O–H groups in total. The smallest absolute Gasteiger partial charge is 0.196 e. The SMILES string of the molecule is COc1cc(OC)c2c(=O)cc(C)oc2c1CCC(C)(C)O. The molecular weight excluding hydrogens is 284 g/mol. The molecule has 0 fully saturated rings. The van der Waals surface area contributed by atoms with Crippen molar-refractivity contribution in [3.05, 3.63) is 33.7 Å². The van der Waals surface area contributed by atoms with E-state index in [4.69, 9.17) is 13.9 Å². The molecule has 5 nitrogen and oxygen atoms in total. The van der Waals surface area contributed by atoms with Crippen LogP contribution in [0.2, 0.25) is 0 Å². The summed E-state index contributed by atoms with van der Waals surface area (Å²) in [5, 5.41) is 10.4. The van der Waals surface area contributed by atoms with Gasteiger partial charge in [0.15, 0.2) is 5.43 Å². The van der Waals surface area contributed by atoms with Crippen molar-refractivity contribution in [3.8, 4) is 11.5 Å². The average Bonchev–Trinajstić information content (AvgIpc) is 2.42. The molecule has 22 heavy (non-hydrogen) atoms. The topological polar surface area (TPSA) is 68.9 Å². The highest BCUT2D eigenvalue weighted by atomic mass is 16.5. The fourth-order valence-electron chi connectivity index (χ4n) is 2.46. The summed E-state index contributed by atoms with van der Waals surface area (Å²) in [7, 11) is 3.06. The van der Waals surface area contributed by atoms with Crippen molar-refractivity contribution in [2.24, 2.45) is 0 Å². The lowest BCUT2D eigenvalue weighted by Crippen LogP contribution is -2.19. The molecular formula is C17H22O5. The number of rotatable bonds is 5. The third-order valence-corrected chi connectivity index (χ3v) is 3.58. The van der Waals surface area contributed by atoms with E-state index in [1.165, 1.54) is 13.2 Å². The molecule has 2 aromatic rings. The lowest BCUT2D eigenvalue weighted by atomic mass is 9.96. The number of fused-ring (bicyclic) bond motifs is 1. The van der Waals surface area contributed by atoms with E-state index in [1.54, 1.807) is 33.9 Å². The average molecular weight is 306 g/mol. The van der Waals surface area contributed by atoms with Crippen molar-refractivity contribution in [1.82, 2.24) is 0 Å². The molecule has 0 atom stereocenters. The van der Waals surface area contributed by atoms with Gasteiger partial charge in [0.05, 0.1) is 19.8 Å². The van der Waals surface area contributed by atoms with Crippen LogP contribution in [-0.2, 0) is 6.42 Å². The summed E-state index contributed by atoms with van der Waals surface area (Å²) in [6.07, 6.45) is 1.04. The summed E-state index contributed by atoms with van der Waals surface area (Å²) in [4.78, 5) is 12.3. The zero-order chi connectivity index (χ0) is 16.5. The molecule has 2 rings (SSSR count). The summed E-state index contributed by atoms with van der Waals surface area (Å²) in [5.41, 5.74) is 0.260. The first-order valence-corrected chi connectivity index (χ1v) is 7.17. The lowest BCUT2D eigenvalue weighted by molar-refractivity contribution is 0.0713. The maximum atomic E-state index is 12.3. The van der Waals surface area contributed by atoms with Gasteiger partial charge in [0, 0.05) is 17.7 Å². The number of benzene rings is 1. The van der Waals surface area contributed by atoms with Crippen LogP contribution in [0.25, 0.3) is 11.0 Å². The van der Waals surface area contributed by atoms with Gasteiger partial charge in [-0.25, -0.2) is 0 Å². The van der Waals surface area contributed by atoms with Gasteiger partial charge in [-0.05, 0) is 33.6 Å². The molecule has 0 saturated heterocycles. The second-order valence-corrected chi connectivity index (χ2v) is 6.00. The Bertz CT molecular complexity index is 737. The first-order chi connectivity index (χ1) is 10.3. The van der Waals surface area contributed by atoms with E-state index in [1.807, 2.05) is 0 Å². The third kappa shape index (κ3) is 3.25. The van der Waals surface area contributed by atoms with Crippen LogP contribution >= 0.6 is 0 Å². The molecule has 120 valence electrons. The van der Waals surface area contributed by atoms with Gasteiger partial charge in [-0.1, -0.05) is 0 Å². The second kappa shape index (κ2) is 6.01. The van der Waals surface area contributed by atoms with Gasteiger partial charge in [-0.3, -0.25) is 4.79 Å². The Morgan fingerprint density at radius 3 is 2.36 bits per heavy atom. The minimum Gasteiger partial charge on any atom is -0.496 e. The monoisotopic (exact) mass is 306 g/mol. The molecule has 0 aliphatic carbocycles. The largest absolute Gasteiger partial charge is 0.496 e. The first kappa shape index (κ1) is 16.4. The molecule has 0 bridgehead atoms. The lowest BCUT2D eigenvalue weighted by Gasteiger charge is -2.19. The maximum Gasteiger partial charge on any atom is 0.196 e. The number of aryl methyl sites for hydroxylation is 2. The predicted molar refractivity (Wildman–Crippen MR) is 84.9 cm³/mol. The maximum absolute atomic E-state index is 12.3. The Morgan fingerprint density at radius 1 is 1.18 bits per heavy atom. The summed E-state index contributed by atoms with van der Waals surface area (Å²) in [6, 6.07) is 3.13. The van der Waals surface area contributed by atoms with Crippen LogP contribution in [0.3, 0.4) is 0 Å². The molecule has 0 amide bonds. The molecule has 0 unspecified atom stereocenters. The highest BCUT2D eigenvalue weighted by Crippen LogP contribution is 2.36. The van der Waals surface area contributed by atoms with E-state index in [2.05, 4.69) is 0 Å². The molecule has 0 saturated carbocycles. The molecule has 1 aromatic carbocycles. The van der Waals surface area contributed by atoms with Gasteiger partial charge in [-0.15, -0.1) is 0 Å². The van der Waals surface area contributed by atoms with Crippen LogP contribution < -0.4 is 14.9 Å². The number of hydrogen-bond donors (Lipinski definition) is 1. The van der Waals surface area contributed by atoms with Gasteiger partial charge in [-0.2, -0.15) is 0 Å². The van der Waals surface area contributed by atoms with Crippen molar-refractivity contribution in [2.75, 3.05) is 14.2 Å². The van der Waals surface area contributed by atoms with E-state index in [9.17, 15) is 9.90 Å². The Morgan fingerprint density at radius 2 is 1.82 bits per heavy atom. The van der Waals surface area contributed by atoms with Crippen LogP contribution in [0, 0.1) is 6.92 Å². The van der Waals surface area contributed by atoms with Crippen LogP contribution in [0.5, 0.6) is 11.5 Å². The van der Waals surface area contributed by atoms with E-state index in [-0.39, 0.29) is 5.43 Å². The fourth-order valence-corrected chi connectivity index (χ4v) is 2.46. The number of ether oxygens (including phenoxy) is 2. The van der Waals surface area contributed by atoms with E-state index >= 15 is 0 Å². The Hall–Kier alpha value is -2.01.